The standard InChI is InChI=1S/C13H11BrN6O/c14-7-6-16-19-11(7)13-18-12(20-21-13)10-4-3-8-9(17-10)2-1-5-15-8/h3-4,6,15H,1-2,5H2,(H,16,19). The van der Waals surface area contributed by atoms with E-state index < -0.39 is 0 Å². The molecule has 0 saturated carbocycles. The molecule has 0 aromatic carbocycles. The summed E-state index contributed by atoms with van der Waals surface area (Å²) in [5.41, 5.74) is 3.51. The number of aryl methyl sites for hydroxylation is 1. The van der Waals surface area contributed by atoms with Gasteiger partial charge < -0.3 is 9.84 Å². The van der Waals surface area contributed by atoms with Crippen molar-refractivity contribution in [3.05, 3.63) is 28.5 Å². The number of aromatic amines is 1. The molecule has 4 heterocycles. The fourth-order valence-corrected chi connectivity index (χ4v) is 2.67. The fourth-order valence-electron chi connectivity index (χ4n) is 2.31. The Kier molecular flexibility index (Phi) is 2.95. The van der Waals surface area contributed by atoms with Gasteiger partial charge in [-0.2, -0.15) is 10.1 Å². The molecular formula is C13H11BrN6O. The quantitative estimate of drug-likeness (QED) is 0.740. The van der Waals surface area contributed by atoms with E-state index in [4.69, 9.17) is 4.52 Å². The molecule has 0 unspecified atom stereocenters. The van der Waals surface area contributed by atoms with Crippen molar-refractivity contribution in [1.82, 2.24) is 25.3 Å². The molecule has 0 atom stereocenters. The van der Waals surface area contributed by atoms with Crippen LogP contribution in [0.2, 0.25) is 0 Å². The zero-order chi connectivity index (χ0) is 14.2. The van der Waals surface area contributed by atoms with Gasteiger partial charge in [-0.25, -0.2) is 4.98 Å². The lowest BCUT2D eigenvalue weighted by Crippen LogP contribution is -2.13. The molecule has 0 saturated heterocycles. The number of H-pyrrole nitrogens is 1. The van der Waals surface area contributed by atoms with Crippen molar-refractivity contribution in [1.29, 1.82) is 0 Å². The Morgan fingerprint density at radius 3 is 3.05 bits per heavy atom. The van der Waals surface area contributed by atoms with Gasteiger partial charge in [-0.1, -0.05) is 5.16 Å². The molecule has 0 aliphatic carbocycles. The Bertz CT molecular complexity index is 796. The summed E-state index contributed by atoms with van der Waals surface area (Å²) in [5, 5.41) is 14.1. The predicted molar refractivity (Wildman–Crippen MR) is 79.6 cm³/mol. The Hall–Kier alpha value is -2.22. The van der Waals surface area contributed by atoms with E-state index in [-0.39, 0.29) is 0 Å². The van der Waals surface area contributed by atoms with Gasteiger partial charge in [0.25, 0.3) is 5.89 Å². The lowest BCUT2D eigenvalue weighted by molar-refractivity contribution is 0.430. The molecule has 106 valence electrons. The normalized spacial score (nSPS) is 13.8. The molecular weight excluding hydrogens is 336 g/mol. The van der Waals surface area contributed by atoms with Crippen LogP contribution in [-0.4, -0.2) is 31.9 Å². The van der Waals surface area contributed by atoms with Gasteiger partial charge in [-0.05, 0) is 40.9 Å². The molecule has 8 heteroatoms. The SMILES string of the molecule is Brc1cn[nH]c1-c1nc(-c2ccc3c(n2)CCCN3)no1. The van der Waals surface area contributed by atoms with E-state index in [0.717, 1.165) is 35.2 Å². The molecule has 7 nitrogen and oxygen atoms in total. The Morgan fingerprint density at radius 1 is 1.24 bits per heavy atom. The predicted octanol–water partition coefficient (Wildman–Crippen LogP) is 2.64. The van der Waals surface area contributed by atoms with Gasteiger partial charge in [0.1, 0.15) is 11.4 Å². The average Bonchev–Trinajstić information content (AvgIpc) is 3.15. The molecule has 0 spiro atoms. The van der Waals surface area contributed by atoms with Crippen LogP contribution < -0.4 is 5.32 Å². The largest absolute Gasteiger partial charge is 0.384 e. The van der Waals surface area contributed by atoms with Crippen LogP contribution in [-0.2, 0) is 6.42 Å². The van der Waals surface area contributed by atoms with Gasteiger partial charge in [-0.3, -0.25) is 5.10 Å². The maximum atomic E-state index is 5.27. The van der Waals surface area contributed by atoms with Crippen molar-refractivity contribution in [2.24, 2.45) is 0 Å². The van der Waals surface area contributed by atoms with Crippen LogP contribution in [0, 0.1) is 0 Å². The number of nitrogens with one attached hydrogen (secondary N) is 2. The second kappa shape index (κ2) is 4.96. The Morgan fingerprint density at radius 2 is 2.19 bits per heavy atom. The van der Waals surface area contributed by atoms with E-state index in [1.807, 2.05) is 12.1 Å². The van der Waals surface area contributed by atoms with Crippen LogP contribution in [0.25, 0.3) is 23.1 Å². The highest BCUT2D eigenvalue weighted by Gasteiger charge is 2.17. The van der Waals surface area contributed by atoms with Crippen LogP contribution in [0.3, 0.4) is 0 Å². The molecule has 1 aliphatic heterocycles. The van der Waals surface area contributed by atoms with Gasteiger partial charge in [0, 0.05) is 6.54 Å². The monoisotopic (exact) mass is 346 g/mol. The van der Waals surface area contributed by atoms with E-state index in [2.05, 4.69) is 46.6 Å². The molecule has 1 aliphatic rings. The van der Waals surface area contributed by atoms with E-state index >= 15 is 0 Å². The van der Waals surface area contributed by atoms with Gasteiger partial charge in [0.15, 0.2) is 0 Å². The zero-order valence-corrected chi connectivity index (χ0v) is 12.5. The first-order valence-corrected chi connectivity index (χ1v) is 7.37. The second-order valence-electron chi connectivity index (χ2n) is 4.74. The smallest absolute Gasteiger partial charge is 0.277 e. The number of hydrogen-bond donors (Lipinski definition) is 2. The van der Waals surface area contributed by atoms with E-state index in [0.29, 0.717) is 23.1 Å². The van der Waals surface area contributed by atoms with Crippen molar-refractivity contribution in [2.75, 3.05) is 11.9 Å². The van der Waals surface area contributed by atoms with Gasteiger partial charge in [0.05, 0.1) is 22.1 Å². The van der Waals surface area contributed by atoms with Gasteiger partial charge in [0.2, 0.25) is 5.82 Å². The van der Waals surface area contributed by atoms with Crippen molar-refractivity contribution in [3.8, 4) is 23.1 Å². The lowest BCUT2D eigenvalue weighted by Gasteiger charge is -2.16. The summed E-state index contributed by atoms with van der Waals surface area (Å²) in [6.45, 7) is 0.994. The third-order valence-corrected chi connectivity index (χ3v) is 3.94. The summed E-state index contributed by atoms with van der Waals surface area (Å²) >= 11 is 3.37. The maximum Gasteiger partial charge on any atom is 0.277 e. The first-order chi connectivity index (χ1) is 10.3. The summed E-state index contributed by atoms with van der Waals surface area (Å²) in [4.78, 5) is 8.99. The van der Waals surface area contributed by atoms with E-state index in [9.17, 15) is 0 Å². The number of fused-ring (bicyclic) bond motifs is 1. The summed E-state index contributed by atoms with van der Waals surface area (Å²) in [5.74, 6) is 0.854. The molecule has 3 aromatic heterocycles. The summed E-state index contributed by atoms with van der Waals surface area (Å²) < 4.78 is 6.05. The second-order valence-corrected chi connectivity index (χ2v) is 5.59. The van der Waals surface area contributed by atoms with Crippen LogP contribution in [0.1, 0.15) is 12.1 Å². The van der Waals surface area contributed by atoms with E-state index in [1.165, 1.54) is 0 Å². The number of nitrogens with zero attached hydrogens (tertiary/aromatic N) is 4. The molecule has 0 radical (unpaired) electrons. The molecule has 4 rings (SSSR count). The lowest BCUT2D eigenvalue weighted by atomic mass is 10.1. The molecule has 0 amide bonds. The first kappa shape index (κ1) is 12.5. The first-order valence-electron chi connectivity index (χ1n) is 6.58. The topological polar surface area (TPSA) is 92.5 Å². The third kappa shape index (κ3) is 2.21. The van der Waals surface area contributed by atoms with Crippen LogP contribution in [0.5, 0.6) is 0 Å². The fraction of sp³-hybridized carbons (Fsp3) is 0.231. The van der Waals surface area contributed by atoms with Crippen LogP contribution >= 0.6 is 15.9 Å². The minimum atomic E-state index is 0.382. The van der Waals surface area contributed by atoms with Crippen LogP contribution in [0.4, 0.5) is 5.69 Å². The molecule has 21 heavy (non-hydrogen) atoms. The molecule has 0 fully saturated rings. The number of hydrogen-bond acceptors (Lipinski definition) is 6. The highest BCUT2D eigenvalue weighted by atomic mass is 79.9. The number of anilines is 1. The van der Waals surface area contributed by atoms with Crippen molar-refractivity contribution < 1.29 is 4.52 Å². The minimum absolute atomic E-state index is 0.382. The van der Waals surface area contributed by atoms with Crippen molar-refractivity contribution in [2.45, 2.75) is 12.8 Å². The summed E-state index contributed by atoms with van der Waals surface area (Å²) in [7, 11) is 0. The number of halogens is 1. The molecule has 3 aromatic rings. The average molecular weight is 347 g/mol. The van der Waals surface area contributed by atoms with Gasteiger partial charge >= 0.3 is 0 Å². The highest BCUT2D eigenvalue weighted by Crippen LogP contribution is 2.27. The minimum Gasteiger partial charge on any atom is -0.384 e. The maximum absolute atomic E-state index is 5.27. The number of rotatable bonds is 2. The van der Waals surface area contributed by atoms with Gasteiger partial charge in [-0.15, -0.1) is 0 Å². The van der Waals surface area contributed by atoms with Crippen molar-refractivity contribution >= 4 is 21.6 Å². The van der Waals surface area contributed by atoms with Crippen LogP contribution in [0.15, 0.2) is 27.3 Å². The van der Waals surface area contributed by atoms with Crippen molar-refractivity contribution in [3.63, 3.8) is 0 Å². The zero-order valence-electron chi connectivity index (χ0n) is 10.9. The van der Waals surface area contributed by atoms with E-state index in [1.54, 1.807) is 6.20 Å². The Labute approximate surface area is 128 Å². The summed E-state index contributed by atoms with van der Waals surface area (Å²) in [6, 6.07) is 3.91. The molecule has 0 bridgehead atoms. The number of pyridine rings is 1. The summed E-state index contributed by atoms with van der Waals surface area (Å²) in [6.07, 6.45) is 3.69. The molecule has 2 N–H and O–H groups in total. The Balaban J connectivity index is 1.71. The third-order valence-electron chi connectivity index (χ3n) is 3.34. The number of aromatic nitrogens is 5. The highest BCUT2D eigenvalue weighted by molar-refractivity contribution is 9.10.